The predicted molar refractivity (Wildman–Crippen MR) is 66.8 cm³/mol. The number of hydrogen-bond acceptors (Lipinski definition) is 2. The fourth-order valence-electron chi connectivity index (χ4n) is 1.80. The highest BCUT2D eigenvalue weighted by atomic mass is 16.3. The molecule has 0 aliphatic heterocycles. The van der Waals surface area contributed by atoms with Gasteiger partial charge in [-0.15, -0.1) is 0 Å². The largest absolute Gasteiger partial charge is 0.440 e. The number of para-hydroxylation sites is 1. The van der Waals surface area contributed by atoms with Crippen molar-refractivity contribution in [3.63, 3.8) is 0 Å². The SMILES string of the molecule is CC(C)c1nc2cccc(C(C)(C)C)c2o1. The van der Waals surface area contributed by atoms with Gasteiger partial charge in [-0.2, -0.15) is 0 Å². The molecule has 2 rings (SSSR count). The summed E-state index contributed by atoms with van der Waals surface area (Å²) in [7, 11) is 0. The Kier molecular flexibility index (Phi) is 2.53. The Morgan fingerprint density at radius 1 is 1.19 bits per heavy atom. The van der Waals surface area contributed by atoms with Gasteiger partial charge in [-0.1, -0.05) is 46.8 Å². The van der Waals surface area contributed by atoms with Crippen LogP contribution in [-0.2, 0) is 5.41 Å². The Labute approximate surface area is 96.7 Å². The van der Waals surface area contributed by atoms with Crippen molar-refractivity contribution in [2.24, 2.45) is 0 Å². The maximum Gasteiger partial charge on any atom is 0.198 e. The lowest BCUT2D eigenvalue weighted by molar-refractivity contribution is 0.489. The maximum atomic E-state index is 5.88. The molecule has 1 aromatic heterocycles. The highest BCUT2D eigenvalue weighted by Crippen LogP contribution is 2.31. The lowest BCUT2D eigenvalue weighted by Crippen LogP contribution is -2.10. The summed E-state index contributed by atoms with van der Waals surface area (Å²) in [5, 5.41) is 0. The summed E-state index contributed by atoms with van der Waals surface area (Å²) in [5.74, 6) is 1.16. The highest BCUT2D eigenvalue weighted by Gasteiger charge is 2.20. The van der Waals surface area contributed by atoms with Gasteiger partial charge >= 0.3 is 0 Å². The van der Waals surface area contributed by atoms with E-state index in [9.17, 15) is 0 Å². The van der Waals surface area contributed by atoms with E-state index < -0.39 is 0 Å². The zero-order valence-electron chi connectivity index (χ0n) is 10.7. The summed E-state index contributed by atoms with van der Waals surface area (Å²) in [6, 6.07) is 6.19. The van der Waals surface area contributed by atoms with E-state index in [2.05, 4.69) is 51.7 Å². The third kappa shape index (κ3) is 1.84. The third-order valence-corrected chi connectivity index (χ3v) is 2.73. The molecule has 0 amide bonds. The van der Waals surface area contributed by atoms with Gasteiger partial charge in [0.15, 0.2) is 11.5 Å². The lowest BCUT2D eigenvalue weighted by Gasteiger charge is -2.18. The van der Waals surface area contributed by atoms with E-state index in [-0.39, 0.29) is 5.41 Å². The first-order valence-corrected chi connectivity index (χ1v) is 5.79. The summed E-state index contributed by atoms with van der Waals surface area (Å²) < 4.78 is 5.88. The van der Waals surface area contributed by atoms with Gasteiger partial charge in [0.1, 0.15) is 5.52 Å². The van der Waals surface area contributed by atoms with Crippen molar-refractivity contribution in [1.29, 1.82) is 0 Å². The fourth-order valence-corrected chi connectivity index (χ4v) is 1.80. The molecular formula is C14H19NO. The first-order chi connectivity index (χ1) is 7.39. The van der Waals surface area contributed by atoms with Crippen LogP contribution in [0.1, 0.15) is 52.0 Å². The van der Waals surface area contributed by atoms with Gasteiger partial charge in [0.05, 0.1) is 0 Å². The van der Waals surface area contributed by atoms with Crippen LogP contribution in [0, 0.1) is 0 Å². The predicted octanol–water partition coefficient (Wildman–Crippen LogP) is 4.25. The van der Waals surface area contributed by atoms with Crippen molar-refractivity contribution in [2.45, 2.75) is 46.0 Å². The first-order valence-electron chi connectivity index (χ1n) is 5.79. The van der Waals surface area contributed by atoms with E-state index in [4.69, 9.17) is 4.42 Å². The number of hydrogen-bond donors (Lipinski definition) is 0. The Hall–Kier alpha value is -1.31. The number of fused-ring (bicyclic) bond motifs is 1. The molecule has 0 bridgehead atoms. The van der Waals surface area contributed by atoms with Crippen LogP contribution in [-0.4, -0.2) is 4.98 Å². The standard InChI is InChI=1S/C14H19NO/c1-9(2)13-15-11-8-6-7-10(12(11)16-13)14(3,4)5/h6-9H,1-5H3. The molecule has 2 heteroatoms. The second-order valence-corrected chi connectivity index (χ2v) is 5.61. The molecule has 0 N–H and O–H groups in total. The van der Waals surface area contributed by atoms with Crippen molar-refractivity contribution >= 4 is 11.1 Å². The van der Waals surface area contributed by atoms with Crippen LogP contribution in [0.2, 0.25) is 0 Å². The summed E-state index contributed by atoms with van der Waals surface area (Å²) in [5.41, 5.74) is 3.23. The van der Waals surface area contributed by atoms with Crippen LogP contribution in [0.3, 0.4) is 0 Å². The van der Waals surface area contributed by atoms with Gasteiger partial charge in [0.2, 0.25) is 0 Å². The maximum absolute atomic E-state index is 5.88. The Morgan fingerprint density at radius 3 is 2.44 bits per heavy atom. The molecular weight excluding hydrogens is 198 g/mol. The average Bonchev–Trinajstić information content (AvgIpc) is 2.58. The van der Waals surface area contributed by atoms with Crippen LogP contribution in [0.5, 0.6) is 0 Å². The van der Waals surface area contributed by atoms with Gasteiger partial charge in [-0.3, -0.25) is 0 Å². The van der Waals surface area contributed by atoms with Crippen molar-refractivity contribution < 1.29 is 4.42 Å². The number of rotatable bonds is 1. The minimum absolute atomic E-state index is 0.0906. The van der Waals surface area contributed by atoms with E-state index in [0.29, 0.717) is 5.92 Å². The molecule has 0 saturated heterocycles. The van der Waals surface area contributed by atoms with Gasteiger partial charge in [0.25, 0.3) is 0 Å². The van der Waals surface area contributed by atoms with E-state index in [0.717, 1.165) is 17.0 Å². The molecule has 86 valence electrons. The Balaban J connectivity index is 2.68. The molecule has 0 aliphatic carbocycles. The molecule has 0 aliphatic rings. The summed E-state index contributed by atoms with van der Waals surface area (Å²) >= 11 is 0. The topological polar surface area (TPSA) is 26.0 Å². The van der Waals surface area contributed by atoms with Gasteiger partial charge in [0, 0.05) is 11.5 Å². The summed E-state index contributed by atoms with van der Waals surface area (Å²) in [6.07, 6.45) is 0. The highest BCUT2D eigenvalue weighted by molar-refractivity contribution is 5.77. The first kappa shape index (κ1) is 11.2. The Bertz CT molecular complexity index is 503. The molecule has 0 spiro atoms. The van der Waals surface area contributed by atoms with E-state index >= 15 is 0 Å². The molecule has 0 saturated carbocycles. The van der Waals surface area contributed by atoms with Gasteiger partial charge < -0.3 is 4.42 Å². The third-order valence-electron chi connectivity index (χ3n) is 2.73. The van der Waals surface area contributed by atoms with E-state index in [1.807, 2.05) is 6.07 Å². The van der Waals surface area contributed by atoms with E-state index in [1.165, 1.54) is 5.56 Å². The van der Waals surface area contributed by atoms with Crippen molar-refractivity contribution in [3.05, 3.63) is 29.7 Å². The molecule has 0 unspecified atom stereocenters. The minimum Gasteiger partial charge on any atom is -0.440 e. The van der Waals surface area contributed by atoms with Crippen LogP contribution in [0.15, 0.2) is 22.6 Å². The normalized spacial score (nSPS) is 12.6. The molecule has 2 aromatic rings. The number of nitrogens with zero attached hydrogens (tertiary/aromatic N) is 1. The average molecular weight is 217 g/mol. The van der Waals surface area contributed by atoms with Crippen LogP contribution < -0.4 is 0 Å². The van der Waals surface area contributed by atoms with Crippen molar-refractivity contribution in [3.8, 4) is 0 Å². The molecule has 0 atom stereocenters. The second-order valence-electron chi connectivity index (χ2n) is 5.61. The van der Waals surface area contributed by atoms with E-state index in [1.54, 1.807) is 0 Å². The lowest BCUT2D eigenvalue weighted by atomic mass is 9.86. The van der Waals surface area contributed by atoms with Gasteiger partial charge in [-0.05, 0) is 11.5 Å². The molecule has 1 heterocycles. The molecule has 1 aromatic carbocycles. The zero-order valence-corrected chi connectivity index (χ0v) is 10.7. The molecule has 0 radical (unpaired) electrons. The number of benzene rings is 1. The molecule has 16 heavy (non-hydrogen) atoms. The van der Waals surface area contributed by atoms with Crippen LogP contribution in [0.25, 0.3) is 11.1 Å². The van der Waals surface area contributed by atoms with Crippen LogP contribution in [0.4, 0.5) is 0 Å². The number of aromatic nitrogens is 1. The zero-order chi connectivity index (χ0) is 11.9. The monoisotopic (exact) mass is 217 g/mol. The number of oxazole rings is 1. The van der Waals surface area contributed by atoms with Crippen LogP contribution >= 0.6 is 0 Å². The van der Waals surface area contributed by atoms with Gasteiger partial charge in [-0.25, -0.2) is 4.98 Å². The molecule has 2 nitrogen and oxygen atoms in total. The summed E-state index contributed by atoms with van der Waals surface area (Å²) in [4.78, 5) is 4.52. The minimum atomic E-state index is 0.0906. The Morgan fingerprint density at radius 2 is 1.88 bits per heavy atom. The van der Waals surface area contributed by atoms with Crippen molar-refractivity contribution in [2.75, 3.05) is 0 Å². The second kappa shape index (κ2) is 3.62. The fraction of sp³-hybridized carbons (Fsp3) is 0.500. The molecule has 0 fully saturated rings. The quantitative estimate of drug-likeness (QED) is 0.713. The van der Waals surface area contributed by atoms with Crippen molar-refractivity contribution in [1.82, 2.24) is 4.98 Å². The summed E-state index contributed by atoms with van der Waals surface area (Å²) in [6.45, 7) is 10.8. The smallest absolute Gasteiger partial charge is 0.198 e.